The Labute approximate surface area is 198 Å². The summed E-state index contributed by atoms with van der Waals surface area (Å²) >= 11 is 0. The summed E-state index contributed by atoms with van der Waals surface area (Å²) in [7, 11) is 0. The number of hydrogen-bond donors (Lipinski definition) is 2. The van der Waals surface area contributed by atoms with E-state index < -0.39 is 23.6 Å². The summed E-state index contributed by atoms with van der Waals surface area (Å²) in [5.41, 5.74) is 5.39. The van der Waals surface area contributed by atoms with Crippen molar-refractivity contribution in [3.8, 4) is 0 Å². The number of nitrogens with zero attached hydrogens (tertiary/aromatic N) is 3. The van der Waals surface area contributed by atoms with E-state index in [0.717, 1.165) is 18.2 Å². The summed E-state index contributed by atoms with van der Waals surface area (Å²) in [5.74, 6) is -1.58. The highest BCUT2D eigenvalue weighted by Crippen LogP contribution is 2.32. The van der Waals surface area contributed by atoms with Crippen molar-refractivity contribution in [2.24, 2.45) is 5.73 Å². The first kappa shape index (κ1) is 24.0. The number of rotatable bonds is 5. The van der Waals surface area contributed by atoms with Gasteiger partial charge in [-0.25, -0.2) is 4.98 Å². The highest BCUT2D eigenvalue weighted by Gasteiger charge is 2.31. The number of fused-ring (bicyclic) bond motifs is 1. The predicted octanol–water partition coefficient (Wildman–Crippen LogP) is 3.76. The van der Waals surface area contributed by atoms with Gasteiger partial charge in [0.1, 0.15) is 0 Å². The number of halogens is 3. The molecule has 1 saturated heterocycles. The quantitative estimate of drug-likeness (QED) is 0.536. The third-order valence-electron chi connectivity index (χ3n) is 5.90. The minimum Gasteiger partial charge on any atom is -0.366 e. The molecule has 2 aromatic carbocycles. The molecule has 0 bridgehead atoms. The van der Waals surface area contributed by atoms with E-state index in [0.29, 0.717) is 37.0 Å². The number of primary amides is 1. The predicted molar refractivity (Wildman–Crippen MR) is 123 cm³/mol. The van der Waals surface area contributed by atoms with Crippen molar-refractivity contribution in [3.63, 3.8) is 0 Å². The van der Waals surface area contributed by atoms with Crippen LogP contribution in [0.15, 0.2) is 55.1 Å². The van der Waals surface area contributed by atoms with E-state index in [1.165, 1.54) is 24.3 Å². The number of carbonyl (C=O) groups is 3. The Hall–Kier alpha value is -4.15. The van der Waals surface area contributed by atoms with Crippen molar-refractivity contribution in [1.82, 2.24) is 14.5 Å². The van der Waals surface area contributed by atoms with E-state index in [1.54, 1.807) is 15.5 Å². The number of amides is 3. The molecule has 8 nitrogen and oxygen atoms in total. The van der Waals surface area contributed by atoms with Crippen LogP contribution in [0.3, 0.4) is 0 Å². The SMILES string of the molecule is C=CC(=O)N1CCC[C@@H](n2c(NC(=O)c3cccc(C(F)(F)F)c3)nc3cc(C(N)=O)ccc32)C1. The Morgan fingerprint density at radius 1 is 1.14 bits per heavy atom. The van der Waals surface area contributed by atoms with Gasteiger partial charge in [0.15, 0.2) is 0 Å². The molecule has 1 aromatic heterocycles. The van der Waals surface area contributed by atoms with Gasteiger partial charge in [0.05, 0.1) is 22.6 Å². The fourth-order valence-corrected chi connectivity index (χ4v) is 4.22. The number of benzene rings is 2. The maximum Gasteiger partial charge on any atom is 0.416 e. The van der Waals surface area contributed by atoms with Gasteiger partial charge in [0.2, 0.25) is 17.8 Å². The normalized spacial score (nSPS) is 16.2. The number of likely N-dealkylation sites (tertiary alicyclic amines) is 1. The molecule has 1 atom stereocenters. The summed E-state index contributed by atoms with van der Waals surface area (Å²) < 4.78 is 41.1. The van der Waals surface area contributed by atoms with E-state index in [4.69, 9.17) is 5.73 Å². The number of aromatic nitrogens is 2. The molecule has 0 unspecified atom stereocenters. The second kappa shape index (κ2) is 9.24. The number of alkyl halides is 3. The molecular formula is C24H22F3N5O3. The smallest absolute Gasteiger partial charge is 0.366 e. The molecule has 1 aliphatic rings. The summed E-state index contributed by atoms with van der Waals surface area (Å²) in [6.07, 6.45) is -2.03. The third-order valence-corrected chi connectivity index (χ3v) is 5.90. The molecule has 4 rings (SSSR count). The number of nitrogens with one attached hydrogen (secondary N) is 1. The molecule has 35 heavy (non-hydrogen) atoms. The standard InChI is InChI=1S/C24H22F3N5O3/c1-2-20(33)31-10-4-7-17(13-31)32-19-9-8-14(21(28)34)12-18(19)29-23(32)30-22(35)15-5-3-6-16(11-15)24(25,26)27/h2-3,5-6,8-9,11-12,17H,1,4,7,10,13H2,(H2,28,34)(H,29,30,35)/t17-/m1/s1. The molecule has 3 aromatic rings. The van der Waals surface area contributed by atoms with Crippen LogP contribution in [0.4, 0.5) is 19.1 Å². The van der Waals surface area contributed by atoms with Gasteiger partial charge in [-0.05, 0) is 55.3 Å². The van der Waals surface area contributed by atoms with Crippen LogP contribution < -0.4 is 11.1 Å². The van der Waals surface area contributed by atoms with E-state index in [9.17, 15) is 27.6 Å². The number of carbonyl (C=O) groups excluding carboxylic acids is 3. The fourth-order valence-electron chi connectivity index (χ4n) is 4.22. The highest BCUT2D eigenvalue weighted by atomic mass is 19.4. The van der Waals surface area contributed by atoms with Crippen LogP contribution in [0.2, 0.25) is 0 Å². The zero-order chi connectivity index (χ0) is 25.3. The number of imidazole rings is 1. The zero-order valence-electron chi connectivity index (χ0n) is 18.5. The second-order valence-corrected chi connectivity index (χ2v) is 8.19. The van der Waals surface area contributed by atoms with Crippen LogP contribution in [-0.2, 0) is 11.0 Å². The molecule has 0 radical (unpaired) electrons. The van der Waals surface area contributed by atoms with E-state index >= 15 is 0 Å². The monoisotopic (exact) mass is 485 g/mol. The Balaban J connectivity index is 1.75. The van der Waals surface area contributed by atoms with Crippen LogP contribution in [-0.4, -0.2) is 45.3 Å². The molecule has 0 saturated carbocycles. The lowest BCUT2D eigenvalue weighted by molar-refractivity contribution is -0.137. The second-order valence-electron chi connectivity index (χ2n) is 8.19. The molecule has 0 spiro atoms. The van der Waals surface area contributed by atoms with Gasteiger partial charge in [0, 0.05) is 24.2 Å². The number of nitrogens with two attached hydrogens (primary N) is 1. The molecule has 1 fully saturated rings. The van der Waals surface area contributed by atoms with Crippen molar-refractivity contribution in [2.45, 2.75) is 25.1 Å². The maximum atomic E-state index is 13.1. The minimum absolute atomic E-state index is 0.0851. The number of hydrogen-bond acceptors (Lipinski definition) is 4. The molecule has 1 aliphatic heterocycles. The van der Waals surface area contributed by atoms with Gasteiger partial charge in [0.25, 0.3) is 5.91 Å². The Morgan fingerprint density at radius 3 is 2.60 bits per heavy atom. The minimum atomic E-state index is -4.60. The molecule has 3 amide bonds. The highest BCUT2D eigenvalue weighted by molar-refractivity contribution is 6.04. The number of piperidine rings is 1. The van der Waals surface area contributed by atoms with Crippen LogP contribution in [0.5, 0.6) is 0 Å². The summed E-state index contributed by atoms with van der Waals surface area (Å²) in [6.45, 7) is 4.39. The molecule has 182 valence electrons. The van der Waals surface area contributed by atoms with Crippen LogP contribution >= 0.6 is 0 Å². The fraction of sp³-hybridized carbons (Fsp3) is 0.250. The van der Waals surface area contributed by atoms with E-state index in [2.05, 4.69) is 16.9 Å². The van der Waals surface area contributed by atoms with Crippen molar-refractivity contribution < 1.29 is 27.6 Å². The molecule has 2 heterocycles. The lowest BCUT2D eigenvalue weighted by Gasteiger charge is -2.33. The van der Waals surface area contributed by atoms with E-state index in [-0.39, 0.29) is 29.0 Å². The van der Waals surface area contributed by atoms with Gasteiger partial charge < -0.3 is 15.2 Å². The first-order chi connectivity index (χ1) is 16.6. The van der Waals surface area contributed by atoms with Gasteiger partial charge in [-0.2, -0.15) is 13.2 Å². The average molecular weight is 485 g/mol. The van der Waals surface area contributed by atoms with Crippen LogP contribution in [0.1, 0.15) is 45.2 Å². The summed E-state index contributed by atoms with van der Waals surface area (Å²) in [6, 6.07) is 8.42. The van der Waals surface area contributed by atoms with Gasteiger partial charge in [-0.1, -0.05) is 12.6 Å². The lowest BCUT2D eigenvalue weighted by Crippen LogP contribution is -2.40. The lowest BCUT2D eigenvalue weighted by atomic mass is 10.0. The Morgan fingerprint density at radius 2 is 1.91 bits per heavy atom. The first-order valence-electron chi connectivity index (χ1n) is 10.8. The molecular weight excluding hydrogens is 463 g/mol. The van der Waals surface area contributed by atoms with Crippen molar-refractivity contribution in [3.05, 3.63) is 71.8 Å². The first-order valence-corrected chi connectivity index (χ1v) is 10.8. The van der Waals surface area contributed by atoms with Crippen molar-refractivity contribution in [2.75, 3.05) is 18.4 Å². The van der Waals surface area contributed by atoms with Gasteiger partial charge >= 0.3 is 6.18 Å². The van der Waals surface area contributed by atoms with Crippen LogP contribution in [0.25, 0.3) is 11.0 Å². The zero-order valence-corrected chi connectivity index (χ0v) is 18.5. The van der Waals surface area contributed by atoms with Gasteiger partial charge in [-0.15, -0.1) is 0 Å². The third kappa shape index (κ3) is 4.88. The average Bonchev–Trinajstić information content (AvgIpc) is 3.20. The molecule has 11 heteroatoms. The van der Waals surface area contributed by atoms with E-state index in [1.807, 2.05) is 0 Å². The Bertz CT molecular complexity index is 1330. The number of anilines is 1. The van der Waals surface area contributed by atoms with Crippen LogP contribution in [0, 0.1) is 0 Å². The maximum absolute atomic E-state index is 13.1. The Kier molecular flexibility index (Phi) is 6.33. The molecule has 3 N–H and O–H groups in total. The summed E-state index contributed by atoms with van der Waals surface area (Å²) in [5, 5.41) is 2.60. The largest absolute Gasteiger partial charge is 0.416 e. The summed E-state index contributed by atoms with van der Waals surface area (Å²) in [4.78, 5) is 42.8. The van der Waals surface area contributed by atoms with Crippen molar-refractivity contribution >= 4 is 34.7 Å². The van der Waals surface area contributed by atoms with Crippen molar-refractivity contribution in [1.29, 1.82) is 0 Å². The molecule has 0 aliphatic carbocycles. The van der Waals surface area contributed by atoms with Gasteiger partial charge in [-0.3, -0.25) is 19.7 Å². The topological polar surface area (TPSA) is 110 Å².